The smallest absolute Gasteiger partial charge is 0.258 e. The summed E-state index contributed by atoms with van der Waals surface area (Å²) in [6.07, 6.45) is 3.79. The van der Waals surface area contributed by atoms with E-state index in [1.54, 1.807) is 30.6 Å². The fourth-order valence-corrected chi connectivity index (χ4v) is 3.29. The number of benzene rings is 1. The van der Waals surface area contributed by atoms with Crippen molar-refractivity contribution in [2.24, 2.45) is 0 Å². The van der Waals surface area contributed by atoms with E-state index in [9.17, 15) is 9.90 Å². The van der Waals surface area contributed by atoms with Gasteiger partial charge in [-0.05, 0) is 42.3 Å². The predicted molar refractivity (Wildman–Crippen MR) is 108 cm³/mol. The molecule has 1 aliphatic rings. The van der Waals surface area contributed by atoms with Crippen molar-refractivity contribution in [3.63, 3.8) is 0 Å². The molecule has 3 heterocycles. The number of ether oxygens (including phenoxy) is 1. The summed E-state index contributed by atoms with van der Waals surface area (Å²) in [6.45, 7) is 1.73. The molecule has 7 heteroatoms. The van der Waals surface area contributed by atoms with Crippen LogP contribution >= 0.6 is 11.6 Å². The highest BCUT2D eigenvalue weighted by atomic mass is 35.5. The van der Waals surface area contributed by atoms with Crippen molar-refractivity contribution < 1.29 is 9.84 Å². The minimum absolute atomic E-state index is 0.195. The Morgan fingerprint density at radius 3 is 2.64 bits per heavy atom. The molecule has 3 aromatic rings. The summed E-state index contributed by atoms with van der Waals surface area (Å²) in [7, 11) is 0. The van der Waals surface area contributed by atoms with Crippen molar-refractivity contribution in [1.29, 1.82) is 0 Å². The number of aliphatic hydroxyl groups excluding tert-OH is 1. The van der Waals surface area contributed by atoms with Gasteiger partial charge in [0.1, 0.15) is 18.2 Å². The molecule has 0 amide bonds. The van der Waals surface area contributed by atoms with Crippen molar-refractivity contribution in [2.75, 3.05) is 18.0 Å². The molecular weight excluding hydrogens is 378 g/mol. The Bertz CT molecular complexity index is 1000. The molecule has 1 N–H and O–H groups in total. The second-order valence-corrected chi connectivity index (χ2v) is 7.19. The molecule has 4 rings (SSSR count). The van der Waals surface area contributed by atoms with Crippen molar-refractivity contribution in [3.8, 4) is 11.4 Å². The van der Waals surface area contributed by atoms with Crippen LogP contribution in [0.15, 0.2) is 65.7 Å². The number of anilines is 1. The van der Waals surface area contributed by atoms with Crippen molar-refractivity contribution in [3.05, 3.63) is 81.9 Å². The zero-order valence-electron chi connectivity index (χ0n) is 15.2. The van der Waals surface area contributed by atoms with Gasteiger partial charge in [0.25, 0.3) is 5.56 Å². The minimum Gasteiger partial charge on any atom is -0.489 e. The molecule has 0 spiro atoms. The van der Waals surface area contributed by atoms with Gasteiger partial charge in [0.05, 0.1) is 18.0 Å². The SMILES string of the molecule is O=c1cc(OCc2ccc(Cl)cc2)ccn1-c1ccc(N2CC[C@H](O)C2)nc1. The fourth-order valence-electron chi connectivity index (χ4n) is 3.17. The van der Waals surface area contributed by atoms with Gasteiger partial charge >= 0.3 is 0 Å². The number of halogens is 1. The molecule has 6 nitrogen and oxygen atoms in total. The van der Waals surface area contributed by atoms with Crippen LogP contribution in [0.1, 0.15) is 12.0 Å². The Balaban J connectivity index is 1.45. The highest BCUT2D eigenvalue weighted by molar-refractivity contribution is 6.30. The number of nitrogens with zero attached hydrogens (tertiary/aromatic N) is 3. The van der Waals surface area contributed by atoms with Crippen LogP contribution in [-0.4, -0.2) is 33.9 Å². The summed E-state index contributed by atoms with van der Waals surface area (Å²) in [5.41, 5.74) is 1.46. The van der Waals surface area contributed by atoms with Crippen LogP contribution in [0, 0.1) is 0 Å². The normalized spacial score (nSPS) is 16.4. The summed E-state index contributed by atoms with van der Waals surface area (Å²) in [5, 5.41) is 10.3. The van der Waals surface area contributed by atoms with Gasteiger partial charge < -0.3 is 14.7 Å². The monoisotopic (exact) mass is 397 g/mol. The average molecular weight is 398 g/mol. The number of hydrogen-bond donors (Lipinski definition) is 1. The molecule has 1 atom stereocenters. The van der Waals surface area contributed by atoms with E-state index in [1.807, 2.05) is 29.2 Å². The van der Waals surface area contributed by atoms with E-state index < -0.39 is 0 Å². The van der Waals surface area contributed by atoms with E-state index >= 15 is 0 Å². The van der Waals surface area contributed by atoms with Crippen LogP contribution < -0.4 is 15.2 Å². The number of pyridine rings is 2. The molecule has 1 fully saturated rings. The average Bonchev–Trinajstić information content (AvgIpc) is 3.14. The van der Waals surface area contributed by atoms with Gasteiger partial charge in [0, 0.05) is 30.4 Å². The lowest BCUT2D eigenvalue weighted by molar-refractivity contribution is 0.198. The molecule has 0 radical (unpaired) electrons. The lowest BCUT2D eigenvalue weighted by atomic mass is 10.2. The predicted octanol–water partition coefficient (Wildman–Crippen LogP) is 3.04. The quantitative estimate of drug-likeness (QED) is 0.716. The van der Waals surface area contributed by atoms with E-state index in [4.69, 9.17) is 16.3 Å². The molecular formula is C21H20ClN3O3. The molecule has 1 saturated heterocycles. The topological polar surface area (TPSA) is 67.6 Å². The number of aromatic nitrogens is 2. The maximum absolute atomic E-state index is 12.5. The summed E-state index contributed by atoms with van der Waals surface area (Å²) < 4.78 is 7.22. The Morgan fingerprint density at radius 1 is 1.18 bits per heavy atom. The summed E-state index contributed by atoms with van der Waals surface area (Å²) in [4.78, 5) is 18.9. The van der Waals surface area contributed by atoms with Gasteiger partial charge in [0.15, 0.2) is 0 Å². The molecule has 0 aliphatic carbocycles. The second kappa shape index (κ2) is 8.04. The van der Waals surface area contributed by atoms with E-state index in [2.05, 4.69) is 4.98 Å². The molecule has 28 heavy (non-hydrogen) atoms. The van der Waals surface area contributed by atoms with Crippen LogP contribution in [0.2, 0.25) is 5.02 Å². The molecule has 2 aromatic heterocycles. The molecule has 0 saturated carbocycles. The van der Waals surface area contributed by atoms with E-state index in [0.29, 0.717) is 29.6 Å². The molecule has 0 bridgehead atoms. The van der Waals surface area contributed by atoms with Crippen molar-refractivity contribution >= 4 is 17.4 Å². The maximum Gasteiger partial charge on any atom is 0.258 e. The summed E-state index contributed by atoms with van der Waals surface area (Å²) in [5.74, 6) is 1.31. The van der Waals surface area contributed by atoms with Gasteiger partial charge in [-0.15, -0.1) is 0 Å². The van der Waals surface area contributed by atoms with Crippen LogP contribution in [0.4, 0.5) is 5.82 Å². The zero-order valence-corrected chi connectivity index (χ0v) is 15.9. The van der Waals surface area contributed by atoms with Crippen LogP contribution in [0.3, 0.4) is 0 Å². The number of aliphatic hydroxyl groups is 1. The van der Waals surface area contributed by atoms with Crippen molar-refractivity contribution in [1.82, 2.24) is 9.55 Å². The largest absolute Gasteiger partial charge is 0.489 e. The van der Waals surface area contributed by atoms with Crippen LogP contribution in [0.5, 0.6) is 5.75 Å². The van der Waals surface area contributed by atoms with E-state index in [0.717, 1.165) is 24.3 Å². The van der Waals surface area contributed by atoms with Gasteiger partial charge in [-0.3, -0.25) is 9.36 Å². The molecule has 0 unspecified atom stereocenters. The third-order valence-electron chi connectivity index (χ3n) is 4.71. The van der Waals surface area contributed by atoms with Crippen LogP contribution in [0.25, 0.3) is 5.69 Å². The van der Waals surface area contributed by atoms with Gasteiger partial charge in [-0.2, -0.15) is 0 Å². The summed E-state index contributed by atoms with van der Waals surface area (Å²) >= 11 is 5.87. The summed E-state index contributed by atoms with van der Waals surface area (Å²) in [6, 6.07) is 14.3. The Kier molecular flexibility index (Phi) is 5.32. The number of rotatable bonds is 5. The van der Waals surface area contributed by atoms with E-state index in [-0.39, 0.29) is 11.7 Å². The lowest BCUT2D eigenvalue weighted by Gasteiger charge is -2.17. The molecule has 144 valence electrons. The lowest BCUT2D eigenvalue weighted by Crippen LogP contribution is -2.22. The first-order valence-corrected chi connectivity index (χ1v) is 9.46. The Hall–Kier alpha value is -2.83. The third kappa shape index (κ3) is 4.18. The second-order valence-electron chi connectivity index (χ2n) is 6.75. The number of hydrogen-bond acceptors (Lipinski definition) is 5. The third-order valence-corrected chi connectivity index (χ3v) is 4.96. The van der Waals surface area contributed by atoms with Gasteiger partial charge in [-0.1, -0.05) is 23.7 Å². The van der Waals surface area contributed by atoms with Crippen LogP contribution in [-0.2, 0) is 6.61 Å². The number of β-amino-alcohol motifs (C(OH)–C–C–N with tert-alkyl or cyclic N) is 1. The van der Waals surface area contributed by atoms with Crippen molar-refractivity contribution in [2.45, 2.75) is 19.1 Å². The zero-order chi connectivity index (χ0) is 19.5. The standard InChI is InChI=1S/C21H20ClN3O3/c22-16-3-1-15(2-4-16)14-28-19-8-10-25(21(27)11-19)17-5-6-20(23-12-17)24-9-7-18(26)13-24/h1-6,8,10-12,18,26H,7,9,13-14H2/t18-/m0/s1. The Morgan fingerprint density at radius 2 is 2.00 bits per heavy atom. The fraction of sp³-hybridized carbons (Fsp3) is 0.238. The van der Waals surface area contributed by atoms with Gasteiger partial charge in [0.2, 0.25) is 0 Å². The highest BCUT2D eigenvalue weighted by Crippen LogP contribution is 2.19. The van der Waals surface area contributed by atoms with Gasteiger partial charge in [-0.25, -0.2) is 4.98 Å². The maximum atomic E-state index is 12.5. The molecule has 1 aromatic carbocycles. The molecule has 1 aliphatic heterocycles. The first-order chi connectivity index (χ1) is 13.6. The highest BCUT2D eigenvalue weighted by Gasteiger charge is 2.21. The Labute approximate surface area is 167 Å². The first kappa shape index (κ1) is 18.5. The minimum atomic E-state index is -0.301. The van der Waals surface area contributed by atoms with E-state index in [1.165, 1.54) is 10.6 Å². The first-order valence-electron chi connectivity index (χ1n) is 9.08.